The van der Waals surface area contributed by atoms with Crippen molar-refractivity contribution in [1.29, 1.82) is 0 Å². The van der Waals surface area contributed by atoms with Gasteiger partial charge in [0.25, 0.3) is 0 Å². The second-order valence-corrected chi connectivity index (χ2v) is 4.41. The summed E-state index contributed by atoms with van der Waals surface area (Å²) < 4.78 is 0. The van der Waals surface area contributed by atoms with Crippen molar-refractivity contribution in [3.63, 3.8) is 0 Å². The van der Waals surface area contributed by atoms with Crippen LogP contribution in [0.1, 0.15) is 40.9 Å². The van der Waals surface area contributed by atoms with E-state index in [9.17, 15) is 4.79 Å². The molecule has 0 aliphatic heterocycles. The Morgan fingerprint density at radius 3 is 2.50 bits per heavy atom. The number of benzene rings is 1. The zero-order chi connectivity index (χ0) is 12.8. The Balaban J connectivity index is 2.15. The number of pyridine rings is 1. The van der Waals surface area contributed by atoms with Crippen LogP contribution in [0.3, 0.4) is 0 Å². The van der Waals surface area contributed by atoms with Crippen molar-refractivity contribution in [2.75, 3.05) is 0 Å². The smallest absolute Gasteiger partial charge is 0.150 e. The molecule has 2 nitrogen and oxygen atoms in total. The Labute approximate surface area is 108 Å². The van der Waals surface area contributed by atoms with E-state index in [-0.39, 0.29) is 0 Å². The standard InChI is InChI=1S/C16H17NO/c1-2-14(11-16-5-3-4-10-17-16)15-8-6-13(12-18)7-9-15/h3-10,12,14H,2,11H2,1H3. The molecule has 92 valence electrons. The second-order valence-electron chi connectivity index (χ2n) is 4.41. The van der Waals surface area contributed by atoms with Gasteiger partial charge in [-0.25, -0.2) is 0 Å². The predicted molar refractivity (Wildman–Crippen MR) is 72.8 cm³/mol. The number of carbonyl (C=O) groups excluding carboxylic acids is 1. The molecule has 0 amide bonds. The number of carbonyl (C=O) groups is 1. The molecule has 1 heterocycles. The van der Waals surface area contributed by atoms with Crippen molar-refractivity contribution in [1.82, 2.24) is 4.98 Å². The summed E-state index contributed by atoms with van der Waals surface area (Å²) in [4.78, 5) is 15.0. The average molecular weight is 239 g/mol. The third-order valence-corrected chi connectivity index (χ3v) is 3.22. The fraction of sp³-hybridized carbons (Fsp3) is 0.250. The van der Waals surface area contributed by atoms with E-state index in [0.29, 0.717) is 5.92 Å². The Morgan fingerprint density at radius 2 is 1.94 bits per heavy atom. The number of rotatable bonds is 5. The van der Waals surface area contributed by atoms with E-state index in [2.05, 4.69) is 18.0 Å². The van der Waals surface area contributed by atoms with E-state index in [1.807, 2.05) is 42.6 Å². The van der Waals surface area contributed by atoms with Crippen LogP contribution >= 0.6 is 0 Å². The molecule has 0 radical (unpaired) electrons. The van der Waals surface area contributed by atoms with E-state index in [0.717, 1.165) is 30.4 Å². The molecular formula is C16H17NO. The van der Waals surface area contributed by atoms with Crippen molar-refractivity contribution in [3.8, 4) is 0 Å². The van der Waals surface area contributed by atoms with Gasteiger partial charge in [-0.2, -0.15) is 0 Å². The first-order chi connectivity index (χ1) is 8.83. The van der Waals surface area contributed by atoms with Crippen LogP contribution in [0.25, 0.3) is 0 Å². The highest BCUT2D eigenvalue weighted by Gasteiger charge is 2.10. The molecule has 0 aliphatic carbocycles. The molecule has 2 heteroatoms. The molecule has 0 fully saturated rings. The van der Waals surface area contributed by atoms with Crippen LogP contribution in [0.15, 0.2) is 48.7 Å². The predicted octanol–water partition coefficient (Wildman–Crippen LogP) is 3.63. The van der Waals surface area contributed by atoms with E-state index >= 15 is 0 Å². The minimum absolute atomic E-state index is 0.459. The van der Waals surface area contributed by atoms with E-state index < -0.39 is 0 Å². The summed E-state index contributed by atoms with van der Waals surface area (Å²) in [7, 11) is 0. The van der Waals surface area contributed by atoms with Gasteiger partial charge in [0, 0.05) is 17.5 Å². The fourth-order valence-electron chi connectivity index (χ4n) is 2.12. The molecule has 0 aliphatic rings. The molecule has 1 unspecified atom stereocenters. The number of aldehydes is 1. The van der Waals surface area contributed by atoms with E-state index in [1.54, 1.807) is 0 Å². The lowest BCUT2D eigenvalue weighted by atomic mass is 9.91. The highest BCUT2D eigenvalue weighted by Crippen LogP contribution is 2.23. The summed E-state index contributed by atoms with van der Waals surface area (Å²) in [6, 6.07) is 13.9. The Bertz CT molecular complexity index is 490. The average Bonchev–Trinajstić information content (AvgIpc) is 2.46. The molecule has 18 heavy (non-hydrogen) atoms. The minimum Gasteiger partial charge on any atom is -0.298 e. The largest absolute Gasteiger partial charge is 0.298 e. The third kappa shape index (κ3) is 3.04. The van der Waals surface area contributed by atoms with Gasteiger partial charge in [0.15, 0.2) is 0 Å². The minimum atomic E-state index is 0.459. The quantitative estimate of drug-likeness (QED) is 0.746. The van der Waals surface area contributed by atoms with Crippen LogP contribution in [-0.4, -0.2) is 11.3 Å². The molecule has 0 saturated heterocycles. The summed E-state index contributed by atoms with van der Waals surface area (Å²) in [5, 5.41) is 0. The lowest BCUT2D eigenvalue weighted by molar-refractivity contribution is 0.112. The summed E-state index contributed by atoms with van der Waals surface area (Å²) in [5.41, 5.74) is 3.11. The summed E-state index contributed by atoms with van der Waals surface area (Å²) >= 11 is 0. The van der Waals surface area contributed by atoms with Crippen molar-refractivity contribution >= 4 is 6.29 Å². The molecule has 0 spiro atoms. The normalized spacial score (nSPS) is 12.1. The fourth-order valence-corrected chi connectivity index (χ4v) is 2.12. The zero-order valence-electron chi connectivity index (χ0n) is 10.5. The van der Waals surface area contributed by atoms with Crippen molar-refractivity contribution in [2.24, 2.45) is 0 Å². The molecular weight excluding hydrogens is 222 g/mol. The third-order valence-electron chi connectivity index (χ3n) is 3.22. The van der Waals surface area contributed by atoms with Crippen molar-refractivity contribution in [2.45, 2.75) is 25.7 Å². The molecule has 0 bridgehead atoms. The lowest BCUT2D eigenvalue weighted by Crippen LogP contribution is -2.03. The van der Waals surface area contributed by atoms with Gasteiger partial charge in [-0.1, -0.05) is 37.3 Å². The van der Waals surface area contributed by atoms with Gasteiger partial charge in [0.05, 0.1) is 0 Å². The first-order valence-electron chi connectivity index (χ1n) is 6.28. The molecule has 2 aromatic rings. The SMILES string of the molecule is CCC(Cc1ccccn1)c1ccc(C=O)cc1. The molecule has 0 N–H and O–H groups in total. The number of hydrogen-bond donors (Lipinski definition) is 0. The molecule has 1 atom stereocenters. The Kier molecular flexibility index (Phi) is 4.24. The zero-order valence-corrected chi connectivity index (χ0v) is 10.5. The number of aromatic nitrogens is 1. The number of nitrogens with zero attached hydrogens (tertiary/aromatic N) is 1. The monoisotopic (exact) mass is 239 g/mol. The molecule has 1 aromatic heterocycles. The van der Waals surface area contributed by atoms with Crippen molar-refractivity contribution in [3.05, 3.63) is 65.5 Å². The lowest BCUT2D eigenvalue weighted by Gasteiger charge is -2.15. The highest BCUT2D eigenvalue weighted by molar-refractivity contribution is 5.74. The van der Waals surface area contributed by atoms with E-state index in [4.69, 9.17) is 0 Å². The maximum Gasteiger partial charge on any atom is 0.150 e. The first-order valence-corrected chi connectivity index (χ1v) is 6.28. The summed E-state index contributed by atoms with van der Waals surface area (Å²) in [6.07, 6.45) is 4.72. The van der Waals surface area contributed by atoms with Gasteiger partial charge in [-0.15, -0.1) is 0 Å². The maximum absolute atomic E-state index is 10.6. The van der Waals surface area contributed by atoms with Gasteiger partial charge in [-0.3, -0.25) is 9.78 Å². The van der Waals surface area contributed by atoms with Crippen LogP contribution in [0.4, 0.5) is 0 Å². The first kappa shape index (κ1) is 12.5. The van der Waals surface area contributed by atoms with Gasteiger partial charge >= 0.3 is 0 Å². The van der Waals surface area contributed by atoms with Gasteiger partial charge in [0.2, 0.25) is 0 Å². The maximum atomic E-state index is 10.6. The van der Waals surface area contributed by atoms with Gasteiger partial charge < -0.3 is 0 Å². The van der Waals surface area contributed by atoms with Crippen LogP contribution in [0.2, 0.25) is 0 Å². The topological polar surface area (TPSA) is 30.0 Å². The Hall–Kier alpha value is -1.96. The van der Waals surface area contributed by atoms with Crippen LogP contribution in [0, 0.1) is 0 Å². The highest BCUT2D eigenvalue weighted by atomic mass is 16.1. The second kappa shape index (κ2) is 6.10. The van der Waals surface area contributed by atoms with E-state index in [1.165, 1.54) is 5.56 Å². The van der Waals surface area contributed by atoms with Crippen LogP contribution in [0.5, 0.6) is 0 Å². The number of hydrogen-bond acceptors (Lipinski definition) is 2. The molecule has 1 aromatic carbocycles. The summed E-state index contributed by atoms with van der Waals surface area (Å²) in [5.74, 6) is 0.459. The molecule has 0 saturated carbocycles. The van der Waals surface area contributed by atoms with Crippen LogP contribution < -0.4 is 0 Å². The van der Waals surface area contributed by atoms with Crippen molar-refractivity contribution < 1.29 is 4.79 Å². The van der Waals surface area contributed by atoms with Gasteiger partial charge in [0.1, 0.15) is 6.29 Å². The van der Waals surface area contributed by atoms with Gasteiger partial charge in [-0.05, 0) is 36.5 Å². The molecule has 2 rings (SSSR count). The Morgan fingerprint density at radius 1 is 1.17 bits per heavy atom. The summed E-state index contributed by atoms with van der Waals surface area (Å²) in [6.45, 7) is 2.18. The van der Waals surface area contributed by atoms with Crippen LogP contribution in [-0.2, 0) is 6.42 Å².